The highest BCUT2D eigenvalue weighted by Gasteiger charge is 2.43. The summed E-state index contributed by atoms with van der Waals surface area (Å²) in [5.41, 5.74) is 16.0. The highest BCUT2D eigenvalue weighted by Crippen LogP contribution is 2.56. The van der Waals surface area contributed by atoms with E-state index in [1.165, 1.54) is 82.2 Å². The Bertz CT molecular complexity index is 2570. The summed E-state index contributed by atoms with van der Waals surface area (Å²) in [5.74, 6) is 1.97. The zero-order valence-electron chi connectivity index (χ0n) is 30.1. The van der Waals surface area contributed by atoms with Crippen LogP contribution in [0.15, 0.2) is 176 Å². The summed E-state index contributed by atoms with van der Waals surface area (Å²) in [4.78, 5) is 15.0. The van der Waals surface area contributed by atoms with Gasteiger partial charge in [0.25, 0.3) is 0 Å². The van der Waals surface area contributed by atoms with Crippen LogP contribution >= 0.6 is 0 Å². The third-order valence-corrected chi connectivity index (χ3v) is 11.5. The van der Waals surface area contributed by atoms with E-state index >= 15 is 0 Å². The van der Waals surface area contributed by atoms with Crippen molar-refractivity contribution >= 4 is 0 Å². The van der Waals surface area contributed by atoms with Gasteiger partial charge in [-0.05, 0) is 86.7 Å². The van der Waals surface area contributed by atoms with E-state index in [-0.39, 0.29) is 5.41 Å². The molecular formula is C51H39N3. The van der Waals surface area contributed by atoms with Crippen LogP contribution in [0.4, 0.5) is 0 Å². The Hall–Kier alpha value is -6.45. The van der Waals surface area contributed by atoms with E-state index in [9.17, 15) is 0 Å². The molecule has 0 unspecified atom stereocenters. The van der Waals surface area contributed by atoms with Crippen molar-refractivity contribution in [1.82, 2.24) is 15.0 Å². The fraction of sp³-hybridized carbons (Fsp3) is 0.118. The lowest BCUT2D eigenvalue weighted by Gasteiger charge is -2.36. The van der Waals surface area contributed by atoms with Crippen LogP contribution in [-0.2, 0) is 5.41 Å². The van der Waals surface area contributed by atoms with Gasteiger partial charge in [-0.3, -0.25) is 0 Å². The van der Waals surface area contributed by atoms with Crippen molar-refractivity contribution in [3.63, 3.8) is 0 Å². The zero-order valence-corrected chi connectivity index (χ0v) is 30.1. The molecule has 0 bridgehead atoms. The van der Waals surface area contributed by atoms with Gasteiger partial charge in [0.1, 0.15) is 0 Å². The first-order valence-corrected chi connectivity index (χ1v) is 19.2. The summed E-state index contributed by atoms with van der Waals surface area (Å²) in [5, 5.41) is 0. The Morgan fingerprint density at radius 3 is 1.46 bits per heavy atom. The summed E-state index contributed by atoms with van der Waals surface area (Å²) in [6.07, 6.45) is 6.43. The lowest BCUT2D eigenvalue weighted by Crippen LogP contribution is -2.27. The fourth-order valence-electron chi connectivity index (χ4n) is 8.93. The van der Waals surface area contributed by atoms with Crippen molar-refractivity contribution in [3.05, 3.63) is 187 Å². The molecule has 0 saturated heterocycles. The molecule has 0 amide bonds. The molecule has 2 aliphatic carbocycles. The van der Waals surface area contributed by atoms with Gasteiger partial charge in [0.05, 0.1) is 0 Å². The van der Waals surface area contributed by atoms with Gasteiger partial charge in [0, 0.05) is 22.1 Å². The number of fused-ring (bicyclic) bond motifs is 5. The fourth-order valence-corrected chi connectivity index (χ4v) is 8.93. The predicted molar refractivity (Wildman–Crippen MR) is 222 cm³/mol. The molecule has 1 saturated carbocycles. The normalized spacial score (nSPS) is 14.1. The largest absolute Gasteiger partial charge is 0.208 e. The Kier molecular flexibility index (Phi) is 8.06. The van der Waals surface area contributed by atoms with Crippen LogP contribution in [0.1, 0.15) is 43.2 Å². The second-order valence-corrected chi connectivity index (χ2v) is 14.7. The van der Waals surface area contributed by atoms with Gasteiger partial charge in [0.2, 0.25) is 0 Å². The van der Waals surface area contributed by atoms with Crippen molar-refractivity contribution in [1.29, 1.82) is 0 Å². The monoisotopic (exact) mass is 693 g/mol. The number of nitrogens with zero attached hydrogens (tertiary/aromatic N) is 3. The number of rotatable bonds is 6. The van der Waals surface area contributed by atoms with Crippen LogP contribution in [0.2, 0.25) is 0 Å². The molecular weight excluding hydrogens is 655 g/mol. The third kappa shape index (κ3) is 5.64. The first kappa shape index (κ1) is 32.2. The van der Waals surface area contributed by atoms with Crippen molar-refractivity contribution in [2.75, 3.05) is 0 Å². The lowest BCUT2D eigenvalue weighted by atomic mass is 9.68. The molecule has 3 nitrogen and oxygen atoms in total. The lowest BCUT2D eigenvalue weighted by molar-refractivity contribution is 0.353. The molecule has 54 heavy (non-hydrogen) atoms. The number of benzene rings is 7. The molecule has 2 aliphatic rings. The van der Waals surface area contributed by atoms with Crippen LogP contribution in [0, 0.1) is 0 Å². The summed E-state index contributed by atoms with van der Waals surface area (Å²) in [6.45, 7) is 0. The van der Waals surface area contributed by atoms with Crippen LogP contribution in [0.25, 0.3) is 78.7 Å². The highest BCUT2D eigenvalue weighted by molar-refractivity contribution is 5.90. The quantitative estimate of drug-likeness (QED) is 0.174. The van der Waals surface area contributed by atoms with Gasteiger partial charge >= 0.3 is 0 Å². The summed E-state index contributed by atoms with van der Waals surface area (Å²) >= 11 is 0. The van der Waals surface area contributed by atoms with Crippen LogP contribution in [0.3, 0.4) is 0 Å². The first-order valence-electron chi connectivity index (χ1n) is 19.2. The van der Waals surface area contributed by atoms with Crippen LogP contribution in [0.5, 0.6) is 0 Å². The first-order chi connectivity index (χ1) is 26.7. The molecule has 0 aliphatic heterocycles. The van der Waals surface area contributed by atoms with E-state index in [4.69, 9.17) is 15.0 Å². The number of aromatic nitrogens is 3. The molecule has 1 fully saturated rings. The van der Waals surface area contributed by atoms with E-state index < -0.39 is 0 Å². The summed E-state index contributed by atoms with van der Waals surface area (Å²) in [6, 6.07) is 63.0. The zero-order chi connectivity index (χ0) is 35.9. The number of hydrogen-bond acceptors (Lipinski definition) is 3. The van der Waals surface area contributed by atoms with Gasteiger partial charge in [-0.2, -0.15) is 0 Å². The van der Waals surface area contributed by atoms with E-state index in [2.05, 4.69) is 115 Å². The van der Waals surface area contributed by atoms with E-state index in [1.807, 2.05) is 60.7 Å². The topological polar surface area (TPSA) is 38.7 Å². The average molecular weight is 694 g/mol. The Morgan fingerprint density at radius 1 is 0.296 bits per heavy atom. The molecule has 1 heterocycles. The van der Waals surface area contributed by atoms with E-state index in [0.717, 1.165) is 22.3 Å². The van der Waals surface area contributed by atoms with Gasteiger partial charge in [-0.15, -0.1) is 0 Å². The molecule has 10 rings (SSSR count). The van der Waals surface area contributed by atoms with Crippen molar-refractivity contribution < 1.29 is 0 Å². The van der Waals surface area contributed by atoms with Crippen LogP contribution in [-0.4, -0.2) is 15.0 Å². The van der Waals surface area contributed by atoms with E-state index in [1.54, 1.807) is 0 Å². The summed E-state index contributed by atoms with van der Waals surface area (Å²) < 4.78 is 0. The van der Waals surface area contributed by atoms with Gasteiger partial charge in [0.15, 0.2) is 17.5 Å². The predicted octanol–water partition coefficient (Wildman–Crippen LogP) is 13.1. The SMILES string of the molecule is c1ccc(-c2nc(-c3ccccc3)nc(-c3cccc(-c4ccc(-c5ccc6c(c5)-c5ccccc5C65CCCCC5)cc4-c4ccccc4)c3)n2)cc1. The van der Waals surface area contributed by atoms with Crippen molar-refractivity contribution in [2.45, 2.75) is 37.5 Å². The maximum absolute atomic E-state index is 5.02. The second kappa shape index (κ2) is 13.5. The van der Waals surface area contributed by atoms with Gasteiger partial charge in [-0.1, -0.05) is 177 Å². The Balaban J connectivity index is 1.08. The molecule has 1 spiro atoms. The minimum absolute atomic E-state index is 0.162. The third-order valence-electron chi connectivity index (χ3n) is 11.5. The molecule has 0 atom stereocenters. The van der Waals surface area contributed by atoms with Crippen LogP contribution < -0.4 is 0 Å². The highest BCUT2D eigenvalue weighted by atomic mass is 15.0. The van der Waals surface area contributed by atoms with Gasteiger partial charge < -0.3 is 0 Å². The maximum atomic E-state index is 5.02. The second-order valence-electron chi connectivity index (χ2n) is 14.7. The van der Waals surface area contributed by atoms with Gasteiger partial charge in [-0.25, -0.2) is 15.0 Å². The molecule has 0 N–H and O–H groups in total. The average Bonchev–Trinajstić information content (AvgIpc) is 3.52. The Labute approximate surface area is 317 Å². The molecule has 3 heteroatoms. The molecule has 258 valence electrons. The Morgan fingerprint density at radius 2 is 0.796 bits per heavy atom. The minimum atomic E-state index is 0.162. The molecule has 7 aromatic carbocycles. The van der Waals surface area contributed by atoms with Crippen molar-refractivity contribution in [3.8, 4) is 78.7 Å². The van der Waals surface area contributed by atoms with Crippen molar-refractivity contribution in [2.24, 2.45) is 0 Å². The molecule has 8 aromatic rings. The minimum Gasteiger partial charge on any atom is -0.208 e. The standard InChI is InChI=1S/C51H39N3/c1-5-16-35(17-6-1)44-33-38(39-27-29-47-45(34-39)43-24-11-12-25-46(43)51(47)30-13-4-14-31-51)26-28-42(44)40-22-15-23-41(32-40)50-53-48(36-18-7-2-8-19-36)52-49(54-50)37-20-9-3-10-21-37/h1-3,5-12,15-29,32-34H,4,13-14,30-31H2. The maximum Gasteiger partial charge on any atom is 0.164 e. The smallest absolute Gasteiger partial charge is 0.164 e. The van der Waals surface area contributed by atoms with E-state index in [0.29, 0.717) is 17.5 Å². The summed E-state index contributed by atoms with van der Waals surface area (Å²) in [7, 11) is 0. The molecule has 1 aromatic heterocycles. The number of hydrogen-bond donors (Lipinski definition) is 0. The molecule has 0 radical (unpaired) electrons.